The van der Waals surface area contributed by atoms with Crippen LogP contribution in [0.1, 0.15) is 27.0 Å². The molecule has 2 aliphatic heterocycles. The minimum absolute atomic E-state index is 0.0645. The first-order valence-electron chi connectivity index (χ1n) is 8.91. The van der Waals surface area contributed by atoms with Gasteiger partial charge in [-0.2, -0.15) is 5.26 Å². The van der Waals surface area contributed by atoms with Crippen molar-refractivity contribution in [2.24, 2.45) is 0 Å². The van der Waals surface area contributed by atoms with Crippen LogP contribution in [0.2, 0.25) is 0 Å². The highest BCUT2D eigenvalue weighted by molar-refractivity contribution is 5.96. The third-order valence-corrected chi connectivity index (χ3v) is 4.90. The Morgan fingerprint density at radius 2 is 2.11 bits per heavy atom. The van der Waals surface area contributed by atoms with Crippen LogP contribution in [-0.4, -0.2) is 42.4 Å². The molecular formula is C21H17FN2O4. The molecule has 0 spiro atoms. The first-order valence-corrected chi connectivity index (χ1v) is 8.91. The number of ketones is 1. The summed E-state index contributed by atoms with van der Waals surface area (Å²) in [6.45, 7) is 0.905. The quantitative estimate of drug-likeness (QED) is 0.813. The van der Waals surface area contributed by atoms with Crippen molar-refractivity contribution in [3.8, 4) is 11.8 Å². The van der Waals surface area contributed by atoms with Gasteiger partial charge in [0.15, 0.2) is 5.78 Å². The molecule has 0 aromatic heterocycles. The number of hydrogen-bond donors (Lipinski definition) is 0. The maximum atomic E-state index is 14.3. The Labute approximate surface area is 161 Å². The second kappa shape index (κ2) is 7.41. The fourth-order valence-electron chi connectivity index (χ4n) is 3.30. The van der Waals surface area contributed by atoms with Gasteiger partial charge in [-0.25, -0.2) is 4.39 Å². The lowest BCUT2D eigenvalue weighted by Gasteiger charge is -2.39. The lowest BCUT2D eigenvalue weighted by molar-refractivity contribution is -0.121. The summed E-state index contributed by atoms with van der Waals surface area (Å²) in [4.78, 5) is 25.6. The van der Waals surface area contributed by atoms with Gasteiger partial charge in [0, 0.05) is 31.1 Å². The van der Waals surface area contributed by atoms with Gasteiger partial charge in [0.05, 0.1) is 29.9 Å². The van der Waals surface area contributed by atoms with Gasteiger partial charge in [0.1, 0.15) is 18.2 Å². The number of nitrogens with zero attached hydrogens (tertiary/aromatic N) is 2. The van der Waals surface area contributed by atoms with Gasteiger partial charge in [-0.15, -0.1) is 0 Å². The van der Waals surface area contributed by atoms with Gasteiger partial charge in [-0.05, 0) is 17.7 Å². The summed E-state index contributed by atoms with van der Waals surface area (Å²) >= 11 is 0. The standard InChI is InChI=1S/C21H17FN2O4/c22-19-7-20-15(5-16(25)12-28-20)6-18(19)21(26)24-9-17(10-24)27-11-14-4-2-1-3-13(14)8-23/h1-4,6-7,17H,5,9-12H2. The van der Waals surface area contributed by atoms with E-state index in [0.717, 1.165) is 5.56 Å². The highest BCUT2D eigenvalue weighted by Crippen LogP contribution is 2.28. The Morgan fingerprint density at radius 1 is 1.32 bits per heavy atom. The van der Waals surface area contributed by atoms with Crippen molar-refractivity contribution < 1.29 is 23.5 Å². The Kier molecular flexibility index (Phi) is 4.80. The number of fused-ring (bicyclic) bond motifs is 1. The van der Waals surface area contributed by atoms with Crippen molar-refractivity contribution in [2.75, 3.05) is 19.7 Å². The average molecular weight is 380 g/mol. The van der Waals surface area contributed by atoms with E-state index in [1.54, 1.807) is 12.1 Å². The van der Waals surface area contributed by atoms with Crippen LogP contribution in [0.3, 0.4) is 0 Å². The van der Waals surface area contributed by atoms with Crippen LogP contribution in [-0.2, 0) is 22.6 Å². The van der Waals surface area contributed by atoms with E-state index in [1.807, 2.05) is 12.1 Å². The van der Waals surface area contributed by atoms with Crippen molar-refractivity contribution in [3.63, 3.8) is 0 Å². The lowest BCUT2D eigenvalue weighted by Crippen LogP contribution is -2.54. The molecule has 0 aliphatic carbocycles. The summed E-state index contributed by atoms with van der Waals surface area (Å²) in [5.74, 6) is -0.886. The fraction of sp³-hybridized carbons (Fsp3) is 0.286. The van der Waals surface area contributed by atoms with Crippen molar-refractivity contribution in [1.29, 1.82) is 5.26 Å². The fourth-order valence-corrected chi connectivity index (χ4v) is 3.30. The van der Waals surface area contributed by atoms with E-state index in [2.05, 4.69) is 6.07 Å². The number of carbonyl (C=O) groups is 2. The number of hydrogen-bond acceptors (Lipinski definition) is 5. The molecule has 0 saturated carbocycles. The van der Waals surface area contributed by atoms with Gasteiger partial charge in [-0.1, -0.05) is 18.2 Å². The molecule has 7 heteroatoms. The molecule has 142 valence electrons. The number of benzene rings is 2. The topological polar surface area (TPSA) is 79.6 Å². The summed E-state index contributed by atoms with van der Waals surface area (Å²) in [5, 5.41) is 9.10. The van der Waals surface area contributed by atoms with Gasteiger partial charge < -0.3 is 14.4 Å². The molecule has 0 bridgehead atoms. The Morgan fingerprint density at radius 3 is 2.89 bits per heavy atom. The second-order valence-electron chi connectivity index (χ2n) is 6.86. The third kappa shape index (κ3) is 3.47. The summed E-state index contributed by atoms with van der Waals surface area (Å²) in [6, 6.07) is 11.9. The highest BCUT2D eigenvalue weighted by Gasteiger charge is 2.34. The number of ether oxygens (including phenoxy) is 2. The predicted octanol–water partition coefficient (Wildman–Crippen LogP) is 2.24. The molecule has 1 saturated heterocycles. The number of nitriles is 1. The number of likely N-dealkylation sites (tertiary alicyclic amines) is 1. The molecule has 2 aromatic carbocycles. The number of Topliss-reactive ketones (excluding diaryl/α,β-unsaturated/α-hetero) is 1. The highest BCUT2D eigenvalue weighted by atomic mass is 19.1. The Bertz CT molecular complexity index is 992. The summed E-state index contributed by atoms with van der Waals surface area (Å²) in [7, 11) is 0. The van der Waals surface area contributed by atoms with Crippen LogP contribution in [0, 0.1) is 17.1 Å². The molecule has 6 nitrogen and oxygen atoms in total. The van der Waals surface area contributed by atoms with Crippen molar-refractivity contribution in [1.82, 2.24) is 4.90 Å². The normalized spacial score (nSPS) is 16.0. The first kappa shape index (κ1) is 18.1. The average Bonchev–Trinajstić information content (AvgIpc) is 2.66. The van der Waals surface area contributed by atoms with E-state index in [4.69, 9.17) is 14.7 Å². The summed E-state index contributed by atoms with van der Waals surface area (Å²) < 4.78 is 25.3. The Balaban J connectivity index is 1.37. The van der Waals surface area contributed by atoms with E-state index in [9.17, 15) is 14.0 Å². The maximum Gasteiger partial charge on any atom is 0.257 e. The zero-order valence-corrected chi connectivity index (χ0v) is 15.0. The van der Waals surface area contributed by atoms with Crippen LogP contribution in [0.15, 0.2) is 36.4 Å². The molecule has 28 heavy (non-hydrogen) atoms. The summed E-state index contributed by atoms with van der Waals surface area (Å²) in [5.41, 5.74) is 1.82. The maximum absolute atomic E-state index is 14.3. The van der Waals surface area contributed by atoms with Crippen LogP contribution in [0.25, 0.3) is 0 Å². The molecule has 0 atom stereocenters. The van der Waals surface area contributed by atoms with Crippen LogP contribution < -0.4 is 4.74 Å². The van der Waals surface area contributed by atoms with Gasteiger partial charge in [-0.3, -0.25) is 9.59 Å². The third-order valence-electron chi connectivity index (χ3n) is 4.90. The van der Waals surface area contributed by atoms with Gasteiger partial charge in [0.2, 0.25) is 0 Å². The first-order chi connectivity index (χ1) is 13.5. The van der Waals surface area contributed by atoms with Crippen LogP contribution in [0.5, 0.6) is 5.75 Å². The van der Waals surface area contributed by atoms with E-state index >= 15 is 0 Å². The van der Waals surface area contributed by atoms with Gasteiger partial charge >= 0.3 is 0 Å². The molecule has 2 heterocycles. The van der Waals surface area contributed by atoms with E-state index in [0.29, 0.717) is 30.0 Å². The minimum Gasteiger partial charge on any atom is -0.485 e. The zero-order chi connectivity index (χ0) is 19.7. The largest absolute Gasteiger partial charge is 0.485 e. The van der Waals surface area contributed by atoms with Crippen molar-refractivity contribution in [2.45, 2.75) is 19.1 Å². The number of amides is 1. The zero-order valence-electron chi connectivity index (χ0n) is 15.0. The molecule has 2 aromatic rings. The van der Waals surface area contributed by atoms with E-state index in [-0.39, 0.29) is 37.1 Å². The van der Waals surface area contributed by atoms with Crippen LogP contribution in [0.4, 0.5) is 4.39 Å². The molecule has 1 amide bonds. The molecular weight excluding hydrogens is 363 g/mol. The van der Waals surface area contributed by atoms with E-state index < -0.39 is 11.7 Å². The number of carbonyl (C=O) groups excluding carboxylic acids is 2. The molecule has 1 fully saturated rings. The monoisotopic (exact) mass is 380 g/mol. The Hall–Kier alpha value is -3.24. The second-order valence-corrected chi connectivity index (χ2v) is 6.86. The predicted molar refractivity (Wildman–Crippen MR) is 96.2 cm³/mol. The number of halogens is 1. The number of rotatable bonds is 4. The summed E-state index contributed by atoms with van der Waals surface area (Å²) in [6.07, 6.45) is -0.0266. The van der Waals surface area contributed by atoms with Crippen molar-refractivity contribution in [3.05, 3.63) is 64.5 Å². The van der Waals surface area contributed by atoms with E-state index in [1.165, 1.54) is 17.0 Å². The molecule has 2 aliphatic rings. The molecule has 0 unspecified atom stereocenters. The van der Waals surface area contributed by atoms with Gasteiger partial charge in [0.25, 0.3) is 5.91 Å². The SMILES string of the molecule is N#Cc1ccccc1COC1CN(C(=O)c2cc3c(cc2F)OCC(=O)C3)C1. The minimum atomic E-state index is -0.662. The smallest absolute Gasteiger partial charge is 0.257 e. The van der Waals surface area contributed by atoms with Crippen molar-refractivity contribution >= 4 is 11.7 Å². The molecule has 0 radical (unpaired) electrons. The molecule has 0 N–H and O–H groups in total. The van der Waals surface area contributed by atoms with Crippen LogP contribution >= 0.6 is 0 Å². The lowest BCUT2D eigenvalue weighted by atomic mass is 10.0. The molecule has 4 rings (SSSR count).